The van der Waals surface area contributed by atoms with Crippen LogP contribution in [0, 0.1) is 10.1 Å². The number of rotatable bonds is 3. The summed E-state index contributed by atoms with van der Waals surface area (Å²) < 4.78 is 0. The Balaban J connectivity index is 2.17. The van der Waals surface area contributed by atoms with Gasteiger partial charge in [0.25, 0.3) is 5.69 Å². The van der Waals surface area contributed by atoms with Crippen LogP contribution in [0.3, 0.4) is 0 Å². The molecule has 0 saturated heterocycles. The highest BCUT2D eigenvalue weighted by Gasteiger charge is 2.23. The van der Waals surface area contributed by atoms with Gasteiger partial charge in [0.15, 0.2) is 0 Å². The Hall–Kier alpha value is -2.24. The predicted molar refractivity (Wildman–Crippen MR) is 66.5 cm³/mol. The molecule has 0 aliphatic carbocycles. The van der Waals surface area contributed by atoms with Crippen LogP contribution < -0.4 is 0 Å². The molecule has 1 aromatic carbocycles. The van der Waals surface area contributed by atoms with Crippen LogP contribution in [0.5, 0.6) is 0 Å². The summed E-state index contributed by atoms with van der Waals surface area (Å²) in [6.45, 7) is 2.93. The van der Waals surface area contributed by atoms with Crippen LogP contribution in [0.15, 0.2) is 29.3 Å². The third-order valence-corrected chi connectivity index (χ3v) is 2.89. The van der Waals surface area contributed by atoms with Crippen molar-refractivity contribution in [2.24, 2.45) is 4.99 Å². The fraction of sp³-hybridized carbons (Fsp3) is 0.333. The smallest absolute Gasteiger partial charge is 0.273 e. The van der Waals surface area contributed by atoms with E-state index in [1.165, 1.54) is 6.07 Å². The molecule has 1 aromatic rings. The summed E-state index contributed by atoms with van der Waals surface area (Å²) in [5.74, 6) is 0.529. The van der Waals surface area contributed by atoms with E-state index in [-0.39, 0.29) is 18.0 Å². The summed E-state index contributed by atoms with van der Waals surface area (Å²) >= 11 is 0. The van der Waals surface area contributed by atoms with Crippen molar-refractivity contribution >= 4 is 17.4 Å². The van der Waals surface area contributed by atoms with Crippen molar-refractivity contribution in [3.05, 3.63) is 39.9 Å². The molecule has 0 spiro atoms. The first kappa shape index (κ1) is 12.2. The topological polar surface area (TPSA) is 75.8 Å². The van der Waals surface area contributed by atoms with Gasteiger partial charge in [0.2, 0.25) is 5.91 Å². The van der Waals surface area contributed by atoms with Crippen molar-refractivity contribution in [1.82, 2.24) is 4.90 Å². The van der Waals surface area contributed by atoms with Crippen molar-refractivity contribution in [1.29, 1.82) is 0 Å². The van der Waals surface area contributed by atoms with Gasteiger partial charge in [0, 0.05) is 18.2 Å². The summed E-state index contributed by atoms with van der Waals surface area (Å²) in [5, 5.41) is 10.8. The van der Waals surface area contributed by atoms with Crippen molar-refractivity contribution < 1.29 is 9.72 Å². The Kier molecular flexibility index (Phi) is 3.36. The molecule has 0 radical (unpaired) electrons. The Bertz CT molecular complexity index is 525. The number of para-hydroxylation sites is 1. The fourth-order valence-corrected chi connectivity index (χ4v) is 1.96. The number of benzene rings is 1. The first-order valence-electron chi connectivity index (χ1n) is 5.63. The maximum absolute atomic E-state index is 12.0. The zero-order chi connectivity index (χ0) is 13.1. The van der Waals surface area contributed by atoms with Crippen LogP contribution in [-0.4, -0.2) is 34.7 Å². The van der Waals surface area contributed by atoms with Crippen molar-refractivity contribution in [3.63, 3.8) is 0 Å². The summed E-state index contributed by atoms with van der Waals surface area (Å²) in [6, 6.07) is 6.31. The van der Waals surface area contributed by atoms with Gasteiger partial charge in [-0.05, 0) is 6.92 Å². The number of hydrogen-bond acceptors (Lipinski definition) is 4. The van der Waals surface area contributed by atoms with E-state index in [1.54, 1.807) is 30.0 Å². The lowest BCUT2D eigenvalue weighted by Gasteiger charge is -2.15. The minimum Gasteiger partial charge on any atom is -0.299 e. The van der Waals surface area contributed by atoms with Crippen LogP contribution in [-0.2, 0) is 11.2 Å². The number of amides is 1. The molecule has 18 heavy (non-hydrogen) atoms. The van der Waals surface area contributed by atoms with Gasteiger partial charge in [-0.2, -0.15) is 0 Å². The summed E-state index contributed by atoms with van der Waals surface area (Å²) in [5.41, 5.74) is 0.423. The van der Waals surface area contributed by atoms with E-state index >= 15 is 0 Å². The monoisotopic (exact) mass is 247 g/mol. The third kappa shape index (κ3) is 2.37. The molecule has 0 N–H and O–H groups in total. The van der Waals surface area contributed by atoms with Gasteiger partial charge >= 0.3 is 0 Å². The molecule has 1 amide bonds. The van der Waals surface area contributed by atoms with Gasteiger partial charge in [-0.25, -0.2) is 0 Å². The largest absolute Gasteiger partial charge is 0.299 e. The quantitative estimate of drug-likeness (QED) is 0.598. The lowest BCUT2D eigenvalue weighted by atomic mass is 10.1. The number of aliphatic imine (C=N–C) groups is 1. The van der Waals surface area contributed by atoms with E-state index in [1.807, 2.05) is 0 Å². The second kappa shape index (κ2) is 4.95. The highest BCUT2D eigenvalue weighted by atomic mass is 16.6. The first-order valence-corrected chi connectivity index (χ1v) is 5.63. The van der Waals surface area contributed by atoms with E-state index in [4.69, 9.17) is 0 Å². The molecule has 0 fully saturated rings. The second-order valence-corrected chi connectivity index (χ2v) is 4.04. The van der Waals surface area contributed by atoms with Gasteiger partial charge in [-0.15, -0.1) is 0 Å². The minimum atomic E-state index is -0.465. The normalized spacial score (nSPS) is 14.5. The zero-order valence-electron chi connectivity index (χ0n) is 10.00. The van der Waals surface area contributed by atoms with Crippen LogP contribution in [0.25, 0.3) is 0 Å². The van der Waals surface area contributed by atoms with Crippen molar-refractivity contribution in [3.8, 4) is 0 Å². The molecule has 0 saturated carbocycles. The molecule has 1 heterocycles. The first-order chi connectivity index (χ1) is 8.59. The highest BCUT2D eigenvalue weighted by Crippen LogP contribution is 2.19. The number of nitro benzene ring substituents is 1. The van der Waals surface area contributed by atoms with Crippen molar-refractivity contribution in [2.75, 3.05) is 13.1 Å². The summed E-state index contributed by atoms with van der Waals surface area (Å²) in [6.07, 6.45) is 0.0318. The third-order valence-electron chi connectivity index (χ3n) is 2.89. The molecule has 6 heteroatoms. The van der Waals surface area contributed by atoms with Gasteiger partial charge in [-0.3, -0.25) is 24.8 Å². The average molecular weight is 247 g/mol. The summed E-state index contributed by atoms with van der Waals surface area (Å²) in [7, 11) is 0. The van der Waals surface area contributed by atoms with Crippen LogP contribution in [0.2, 0.25) is 0 Å². The zero-order valence-corrected chi connectivity index (χ0v) is 10.00. The van der Waals surface area contributed by atoms with Gasteiger partial charge in [0.1, 0.15) is 5.84 Å². The van der Waals surface area contributed by atoms with Gasteiger partial charge in [0.05, 0.1) is 17.9 Å². The molecule has 0 aromatic heterocycles. The highest BCUT2D eigenvalue weighted by molar-refractivity contribution is 5.99. The van der Waals surface area contributed by atoms with E-state index in [0.717, 1.165) is 0 Å². The van der Waals surface area contributed by atoms with Crippen LogP contribution in [0.4, 0.5) is 5.69 Å². The number of nitro groups is 1. The Morgan fingerprint density at radius 2 is 2.22 bits per heavy atom. The number of carbonyl (C=O) groups excluding carboxylic acids is 1. The Morgan fingerprint density at radius 1 is 1.50 bits per heavy atom. The standard InChI is InChI=1S/C12H13N3O3/c1-9-13-6-7-14(9)12(16)8-10-4-2-3-5-11(10)15(17)18/h2-5H,6-8H2,1H3. The number of amidine groups is 1. The van der Waals surface area contributed by atoms with Crippen LogP contribution >= 0.6 is 0 Å². The molecule has 0 atom stereocenters. The SMILES string of the molecule is CC1=NCCN1C(=O)Cc1ccccc1[N+](=O)[O-]. The van der Waals surface area contributed by atoms with E-state index in [9.17, 15) is 14.9 Å². The molecular formula is C12H13N3O3. The average Bonchev–Trinajstić information content (AvgIpc) is 2.76. The lowest BCUT2D eigenvalue weighted by molar-refractivity contribution is -0.385. The summed E-state index contributed by atoms with van der Waals surface area (Å²) in [4.78, 5) is 28.1. The van der Waals surface area contributed by atoms with E-state index in [0.29, 0.717) is 24.5 Å². The maximum atomic E-state index is 12.0. The lowest BCUT2D eigenvalue weighted by Crippen LogP contribution is -2.34. The molecule has 2 rings (SSSR count). The van der Waals surface area contributed by atoms with Gasteiger partial charge in [-0.1, -0.05) is 18.2 Å². The maximum Gasteiger partial charge on any atom is 0.273 e. The van der Waals surface area contributed by atoms with E-state index < -0.39 is 4.92 Å². The molecule has 6 nitrogen and oxygen atoms in total. The molecule has 1 aliphatic rings. The number of nitrogens with zero attached hydrogens (tertiary/aromatic N) is 3. The van der Waals surface area contributed by atoms with E-state index in [2.05, 4.69) is 4.99 Å². The number of hydrogen-bond donors (Lipinski definition) is 0. The molecule has 0 bridgehead atoms. The molecule has 0 unspecified atom stereocenters. The number of carbonyl (C=O) groups is 1. The minimum absolute atomic E-state index is 0.0142. The fourth-order valence-electron chi connectivity index (χ4n) is 1.96. The van der Waals surface area contributed by atoms with Crippen LogP contribution in [0.1, 0.15) is 12.5 Å². The molecule has 94 valence electrons. The van der Waals surface area contributed by atoms with Gasteiger partial charge < -0.3 is 0 Å². The predicted octanol–water partition coefficient (Wildman–Crippen LogP) is 1.40. The Labute approximate surface area is 104 Å². The Morgan fingerprint density at radius 3 is 2.83 bits per heavy atom. The molecular weight excluding hydrogens is 234 g/mol. The van der Waals surface area contributed by atoms with Crippen molar-refractivity contribution in [2.45, 2.75) is 13.3 Å². The molecule has 1 aliphatic heterocycles. The second-order valence-electron chi connectivity index (χ2n) is 4.04.